The van der Waals surface area contributed by atoms with Gasteiger partial charge in [-0.1, -0.05) is 12.1 Å². The van der Waals surface area contributed by atoms with Crippen LogP contribution in [0.5, 0.6) is 0 Å². The third-order valence-corrected chi connectivity index (χ3v) is 2.63. The van der Waals surface area contributed by atoms with Gasteiger partial charge >= 0.3 is 5.97 Å². The van der Waals surface area contributed by atoms with Gasteiger partial charge in [-0.05, 0) is 43.0 Å². The summed E-state index contributed by atoms with van der Waals surface area (Å²) in [7, 11) is 0. The van der Waals surface area contributed by atoms with Crippen molar-refractivity contribution in [2.75, 3.05) is 0 Å². The Hall–Kier alpha value is -2.08. The van der Waals surface area contributed by atoms with Crippen LogP contribution in [0.3, 0.4) is 0 Å². The molecule has 0 saturated heterocycles. The first kappa shape index (κ1) is 12.0. The molecule has 0 aliphatic heterocycles. The van der Waals surface area contributed by atoms with E-state index in [1.165, 1.54) is 0 Å². The SMILES string of the molecule is Cc1cc(/C(C#N)=C\C(=O)O)cc(C)c1C. The Labute approximate surface area is 94.6 Å². The average Bonchev–Trinajstić information content (AvgIpc) is 2.21. The van der Waals surface area contributed by atoms with Gasteiger partial charge in [-0.25, -0.2) is 4.79 Å². The first-order valence-electron chi connectivity index (χ1n) is 4.88. The predicted molar refractivity (Wildman–Crippen MR) is 61.9 cm³/mol. The molecule has 16 heavy (non-hydrogen) atoms. The summed E-state index contributed by atoms with van der Waals surface area (Å²) in [5.74, 6) is -1.10. The maximum atomic E-state index is 10.6. The van der Waals surface area contributed by atoms with Crippen LogP contribution in [0.15, 0.2) is 18.2 Å². The first-order chi connectivity index (χ1) is 7.45. The molecule has 1 N–H and O–H groups in total. The van der Waals surface area contributed by atoms with Crippen molar-refractivity contribution in [2.24, 2.45) is 0 Å². The van der Waals surface area contributed by atoms with Gasteiger partial charge in [0, 0.05) is 6.08 Å². The molecule has 0 aliphatic rings. The predicted octanol–water partition coefficient (Wildman–Crippen LogP) is 2.60. The Morgan fingerprint density at radius 2 is 1.81 bits per heavy atom. The first-order valence-corrected chi connectivity index (χ1v) is 4.88. The largest absolute Gasteiger partial charge is 0.478 e. The minimum Gasteiger partial charge on any atom is -0.478 e. The summed E-state index contributed by atoms with van der Waals surface area (Å²) < 4.78 is 0. The molecule has 0 aromatic heterocycles. The highest BCUT2D eigenvalue weighted by molar-refractivity contribution is 5.94. The van der Waals surface area contributed by atoms with Crippen molar-refractivity contribution in [1.29, 1.82) is 5.26 Å². The Morgan fingerprint density at radius 3 is 2.19 bits per heavy atom. The van der Waals surface area contributed by atoms with E-state index in [2.05, 4.69) is 0 Å². The van der Waals surface area contributed by atoms with Gasteiger partial charge in [0.1, 0.15) is 6.07 Å². The minimum atomic E-state index is -1.10. The second-order valence-corrected chi connectivity index (χ2v) is 3.74. The van der Waals surface area contributed by atoms with Crippen molar-refractivity contribution in [3.63, 3.8) is 0 Å². The Balaban J connectivity index is 3.34. The standard InChI is InChI=1S/C13H13NO2/c1-8-4-11(5-9(2)10(8)3)12(7-14)6-13(15)16/h4-6H,1-3H3,(H,15,16)/b12-6-. The molecule has 0 saturated carbocycles. The maximum Gasteiger partial charge on any atom is 0.329 e. The number of carboxylic acids is 1. The summed E-state index contributed by atoms with van der Waals surface area (Å²) in [5, 5.41) is 17.5. The quantitative estimate of drug-likeness (QED) is 0.609. The average molecular weight is 215 g/mol. The monoisotopic (exact) mass is 215 g/mol. The highest BCUT2D eigenvalue weighted by atomic mass is 16.4. The van der Waals surface area contributed by atoms with Crippen LogP contribution in [-0.2, 0) is 4.79 Å². The summed E-state index contributed by atoms with van der Waals surface area (Å²) >= 11 is 0. The Morgan fingerprint density at radius 1 is 1.31 bits per heavy atom. The fraction of sp³-hybridized carbons (Fsp3) is 0.231. The molecule has 0 atom stereocenters. The van der Waals surface area contributed by atoms with E-state index >= 15 is 0 Å². The Bertz CT molecular complexity index is 484. The second kappa shape index (κ2) is 4.63. The van der Waals surface area contributed by atoms with E-state index in [1.54, 1.807) is 0 Å². The minimum absolute atomic E-state index is 0.179. The third-order valence-electron chi connectivity index (χ3n) is 2.63. The normalized spacial score (nSPS) is 11.0. The van der Waals surface area contributed by atoms with Gasteiger partial charge in [-0.15, -0.1) is 0 Å². The summed E-state index contributed by atoms with van der Waals surface area (Å²) in [6.45, 7) is 5.89. The van der Waals surface area contributed by atoms with Crippen LogP contribution in [0.25, 0.3) is 5.57 Å². The van der Waals surface area contributed by atoms with E-state index in [1.807, 2.05) is 39.0 Å². The lowest BCUT2D eigenvalue weighted by Crippen LogP contribution is -1.94. The van der Waals surface area contributed by atoms with Crippen LogP contribution in [0.2, 0.25) is 0 Å². The molecule has 1 aromatic rings. The van der Waals surface area contributed by atoms with Gasteiger partial charge in [0.05, 0.1) is 5.57 Å². The summed E-state index contributed by atoms with van der Waals surface area (Å²) in [6, 6.07) is 5.57. The van der Waals surface area contributed by atoms with Crippen LogP contribution >= 0.6 is 0 Å². The van der Waals surface area contributed by atoms with Gasteiger partial charge in [0.25, 0.3) is 0 Å². The van der Waals surface area contributed by atoms with E-state index in [4.69, 9.17) is 10.4 Å². The second-order valence-electron chi connectivity index (χ2n) is 3.74. The van der Waals surface area contributed by atoms with Crippen LogP contribution in [0.4, 0.5) is 0 Å². The van der Waals surface area contributed by atoms with Crippen molar-refractivity contribution >= 4 is 11.5 Å². The fourth-order valence-corrected chi connectivity index (χ4v) is 1.49. The van der Waals surface area contributed by atoms with Gasteiger partial charge in [0.15, 0.2) is 0 Å². The number of nitrogens with zero attached hydrogens (tertiary/aromatic N) is 1. The number of rotatable bonds is 2. The van der Waals surface area contributed by atoms with Gasteiger partial charge in [-0.3, -0.25) is 0 Å². The third kappa shape index (κ3) is 2.48. The number of carbonyl (C=O) groups is 1. The van der Waals surface area contributed by atoms with Crippen LogP contribution in [0.1, 0.15) is 22.3 Å². The molecular weight excluding hydrogens is 202 g/mol. The molecule has 82 valence electrons. The smallest absolute Gasteiger partial charge is 0.329 e. The molecule has 0 unspecified atom stereocenters. The molecule has 0 heterocycles. The van der Waals surface area contributed by atoms with Crippen molar-refractivity contribution in [1.82, 2.24) is 0 Å². The van der Waals surface area contributed by atoms with E-state index in [-0.39, 0.29) is 5.57 Å². The number of nitriles is 1. The number of aryl methyl sites for hydroxylation is 2. The highest BCUT2D eigenvalue weighted by Gasteiger charge is 2.06. The van der Waals surface area contributed by atoms with Crippen LogP contribution < -0.4 is 0 Å². The van der Waals surface area contributed by atoms with Gasteiger partial charge < -0.3 is 5.11 Å². The molecule has 0 aliphatic carbocycles. The van der Waals surface area contributed by atoms with E-state index in [0.29, 0.717) is 5.56 Å². The van der Waals surface area contributed by atoms with Crippen molar-refractivity contribution in [3.8, 4) is 6.07 Å². The van der Waals surface area contributed by atoms with Crippen LogP contribution in [0, 0.1) is 32.1 Å². The number of carboxylic acid groups (broad SMARTS) is 1. The fourth-order valence-electron chi connectivity index (χ4n) is 1.49. The lowest BCUT2D eigenvalue weighted by molar-refractivity contribution is -0.131. The van der Waals surface area contributed by atoms with Gasteiger partial charge in [-0.2, -0.15) is 5.26 Å². The molecule has 0 fully saturated rings. The molecule has 1 aromatic carbocycles. The Kier molecular flexibility index (Phi) is 3.47. The lowest BCUT2D eigenvalue weighted by atomic mass is 9.97. The molecule has 0 amide bonds. The van der Waals surface area contributed by atoms with Gasteiger partial charge in [0.2, 0.25) is 0 Å². The molecule has 3 heteroatoms. The molecule has 1 rings (SSSR count). The lowest BCUT2D eigenvalue weighted by Gasteiger charge is -2.07. The number of aliphatic carboxylic acids is 1. The zero-order valence-electron chi connectivity index (χ0n) is 9.53. The summed E-state index contributed by atoms with van der Waals surface area (Å²) in [6.07, 6.45) is 0.934. The maximum absolute atomic E-state index is 10.6. The van der Waals surface area contributed by atoms with Crippen molar-refractivity contribution < 1.29 is 9.90 Å². The zero-order chi connectivity index (χ0) is 12.3. The molecular formula is C13H13NO2. The molecule has 0 spiro atoms. The summed E-state index contributed by atoms with van der Waals surface area (Å²) in [4.78, 5) is 10.6. The highest BCUT2D eigenvalue weighted by Crippen LogP contribution is 2.21. The van der Waals surface area contributed by atoms with E-state index in [9.17, 15) is 4.79 Å². The zero-order valence-corrected chi connectivity index (χ0v) is 9.53. The number of hydrogen-bond acceptors (Lipinski definition) is 2. The molecule has 3 nitrogen and oxygen atoms in total. The van der Waals surface area contributed by atoms with E-state index < -0.39 is 5.97 Å². The van der Waals surface area contributed by atoms with Crippen molar-refractivity contribution in [2.45, 2.75) is 20.8 Å². The number of hydrogen-bond donors (Lipinski definition) is 1. The van der Waals surface area contributed by atoms with E-state index in [0.717, 1.165) is 22.8 Å². The number of benzene rings is 1. The molecule has 0 radical (unpaired) electrons. The summed E-state index contributed by atoms with van der Waals surface area (Å²) in [5.41, 5.74) is 4.11. The topological polar surface area (TPSA) is 61.1 Å². The van der Waals surface area contributed by atoms with Crippen LogP contribution in [-0.4, -0.2) is 11.1 Å². The molecule has 0 bridgehead atoms. The van der Waals surface area contributed by atoms with Crippen molar-refractivity contribution in [3.05, 3.63) is 40.5 Å². The number of allylic oxidation sites excluding steroid dienone is 1.